The van der Waals surface area contributed by atoms with Gasteiger partial charge in [-0.1, -0.05) is 53.7 Å². The summed E-state index contributed by atoms with van der Waals surface area (Å²) in [5, 5.41) is 3.08. The van der Waals surface area contributed by atoms with E-state index in [1.807, 2.05) is 6.07 Å². The molecule has 1 amide bonds. The van der Waals surface area contributed by atoms with Crippen molar-refractivity contribution in [3.63, 3.8) is 0 Å². The molecule has 0 spiro atoms. The van der Waals surface area contributed by atoms with E-state index in [1.54, 1.807) is 14.0 Å². The molecule has 2 aromatic carbocycles. The van der Waals surface area contributed by atoms with Gasteiger partial charge in [-0.3, -0.25) is 4.79 Å². The average Bonchev–Trinajstić information content (AvgIpc) is 2.72. The van der Waals surface area contributed by atoms with E-state index in [4.69, 9.17) is 14.2 Å². The Bertz CT molecular complexity index is 1070. The largest absolute Gasteiger partial charge is 0.493 e. The molecule has 5 heteroatoms. The normalized spacial score (nSPS) is 22.1. The van der Waals surface area contributed by atoms with Gasteiger partial charge >= 0.3 is 0 Å². The van der Waals surface area contributed by atoms with Gasteiger partial charge in [0.05, 0.1) is 19.4 Å². The lowest BCUT2D eigenvalue weighted by Crippen LogP contribution is -2.35. The third-order valence-corrected chi connectivity index (χ3v) is 6.88. The topological polar surface area (TPSA) is 56.8 Å². The van der Waals surface area contributed by atoms with E-state index < -0.39 is 6.10 Å². The van der Waals surface area contributed by atoms with Crippen LogP contribution in [0.5, 0.6) is 17.2 Å². The fourth-order valence-corrected chi connectivity index (χ4v) is 5.63. The van der Waals surface area contributed by atoms with Crippen LogP contribution in [0.3, 0.4) is 0 Å². The molecule has 0 saturated heterocycles. The van der Waals surface area contributed by atoms with Crippen LogP contribution < -0.4 is 19.5 Å². The van der Waals surface area contributed by atoms with Gasteiger partial charge in [0.15, 0.2) is 17.6 Å². The highest BCUT2D eigenvalue weighted by Gasteiger charge is 2.38. The van der Waals surface area contributed by atoms with Gasteiger partial charge in [0.25, 0.3) is 5.91 Å². The van der Waals surface area contributed by atoms with Crippen molar-refractivity contribution in [2.45, 2.75) is 72.8 Å². The van der Waals surface area contributed by atoms with Crippen molar-refractivity contribution < 1.29 is 19.0 Å². The van der Waals surface area contributed by atoms with Crippen LogP contribution in [0.4, 0.5) is 5.69 Å². The van der Waals surface area contributed by atoms with Gasteiger partial charge in [-0.15, -0.1) is 0 Å². The maximum atomic E-state index is 12.3. The average molecular weight is 452 g/mol. The number of benzene rings is 2. The first-order valence-corrected chi connectivity index (χ1v) is 12.0. The number of nitrogens with one attached hydrogen (secondary N) is 1. The summed E-state index contributed by atoms with van der Waals surface area (Å²) in [5.74, 6) is 3.34. The van der Waals surface area contributed by atoms with Gasteiger partial charge in [-0.25, -0.2) is 0 Å². The number of fused-ring (bicyclic) bond motifs is 2. The van der Waals surface area contributed by atoms with Gasteiger partial charge in [-0.2, -0.15) is 0 Å². The maximum absolute atomic E-state index is 12.3. The molecule has 0 saturated carbocycles. The molecule has 0 aromatic heterocycles. The molecule has 3 atom stereocenters. The molecule has 2 aliphatic heterocycles. The second-order valence-electron chi connectivity index (χ2n) is 10.9. The Hall–Kier alpha value is -2.69. The lowest BCUT2D eigenvalue weighted by molar-refractivity contribution is -0.122. The van der Waals surface area contributed by atoms with E-state index >= 15 is 0 Å². The van der Waals surface area contributed by atoms with Crippen molar-refractivity contribution in [1.29, 1.82) is 0 Å². The zero-order chi connectivity index (χ0) is 24.1. The highest BCUT2D eigenvalue weighted by molar-refractivity contribution is 5.98. The molecule has 0 aliphatic carbocycles. The number of methoxy groups -OCH3 is 1. The molecule has 2 heterocycles. The van der Waals surface area contributed by atoms with Gasteiger partial charge in [0.1, 0.15) is 5.75 Å². The van der Waals surface area contributed by atoms with E-state index in [0.29, 0.717) is 18.4 Å². The van der Waals surface area contributed by atoms with Crippen LogP contribution >= 0.6 is 0 Å². The molecule has 2 aromatic rings. The number of amides is 1. The zero-order valence-electron chi connectivity index (χ0n) is 21.2. The Balaban J connectivity index is 1.80. The second kappa shape index (κ2) is 8.58. The first-order chi connectivity index (χ1) is 15.5. The Labute approximate surface area is 197 Å². The first kappa shape index (κ1) is 23.5. The standard InChI is InChI=1S/C28H37NO4/c1-15(2)23-19(9-10-21-25(23)29-27(30)17(4)33-21)11-18-12-20-24(28(5,6)7)16(3)14-32-26(20)22(13-18)31-8/h9-10,12-13,15-17,24H,11,14H2,1-8H3,(H,29,30). The van der Waals surface area contributed by atoms with Crippen LogP contribution in [0.2, 0.25) is 0 Å². The summed E-state index contributed by atoms with van der Waals surface area (Å²) in [6, 6.07) is 8.50. The van der Waals surface area contributed by atoms with Crippen LogP contribution in [-0.2, 0) is 11.2 Å². The highest BCUT2D eigenvalue weighted by atomic mass is 16.5. The molecule has 178 valence electrons. The lowest BCUT2D eigenvalue weighted by atomic mass is 9.68. The molecular weight excluding hydrogens is 414 g/mol. The van der Waals surface area contributed by atoms with Crippen LogP contribution in [0.15, 0.2) is 24.3 Å². The van der Waals surface area contributed by atoms with Crippen molar-refractivity contribution in [2.24, 2.45) is 11.3 Å². The van der Waals surface area contributed by atoms with Gasteiger partial charge in [0, 0.05) is 5.56 Å². The number of anilines is 1. The van der Waals surface area contributed by atoms with Crippen LogP contribution in [0.25, 0.3) is 0 Å². The number of carbonyl (C=O) groups is 1. The molecule has 0 radical (unpaired) electrons. The van der Waals surface area contributed by atoms with E-state index in [2.05, 4.69) is 65.1 Å². The fourth-order valence-electron chi connectivity index (χ4n) is 5.63. The van der Waals surface area contributed by atoms with E-state index in [1.165, 1.54) is 16.7 Å². The van der Waals surface area contributed by atoms with Crippen LogP contribution in [-0.4, -0.2) is 25.7 Å². The van der Waals surface area contributed by atoms with Crippen molar-refractivity contribution in [1.82, 2.24) is 0 Å². The third kappa shape index (κ3) is 4.30. The highest BCUT2D eigenvalue weighted by Crippen LogP contribution is 2.51. The van der Waals surface area contributed by atoms with Gasteiger partial charge < -0.3 is 19.5 Å². The van der Waals surface area contributed by atoms with Gasteiger partial charge in [0.2, 0.25) is 0 Å². The maximum Gasteiger partial charge on any atom is 0.265 e. The third-order valence-electron chi connectivity index (χ3n) is 6.88. The Morgan fingerprint density at radius 3 is 2.55 bits per heavy atom. The molecule has 0 fully saturated rings. The molecule has 33 heavy (non-hydrogen) atoms. The minimum absolute atomic E-state index is 0.101. The number of hydrogen-bond donors (Lipinski definition) is 1. The fraction of sp³-hybridized carbons (Fsp3) is 0.536. The van der Waals surface area contributed by atoms with E-state index in [9.17, 15) is 4.79 Å². The lowest BCUT2D eigenvalue weighted by Gasteiger charge is -2.40. The number of ether oxygens (including phenoxy) is 3. The molecular formula is C28H37NO4. The Kier molecular flexibility index (Phi) is 6.10. The van der Waals surface area contributed by atoms with Crippen LogP contribution in [0.1, 0.15) is 82.6 Å². The number of hydrogen-bond acceptors (Lipinski definition) is 4. The summed E-state index contributed by atoms with van der Waals surface area (Å²) in [5.41, 5.74) is 5.62. The van der Waals surface area contributed by atoms with Crippen molar-refractivity contribution >= 4 is 11.6 Å². The summed E-state index contributed by atoms with van der Waals surface area (Å²) >= 11 is 0. The monoisotopic (exact) mass is 451 g/mol. The smallest absolute Gasteiger partial charge is 0.265 e. The Morgan fingerprint density at radius 1 is 1.18 bits per heavy atom. The summed E-state index contributed by atoms with van der Waals surface area (Å²) in [6.07, 6.45) is 0.255. The molecule has 4 rings (SSSR count). The Morgan fingerprint density at radius 2 is 1.91 bits per heavy atom. The van der Waals surface area contributed by atoms with Crippen molar-refractivity contribution in [3.05, 3.63) is 46.5 Å². The minimum Gasteiger partial charge on any atom is -0.493 e. The minimum atomic E-state index is -0.482. The summed E-state index contributed by atoms with van der Waals surface area (Å²) in [4.78, 5) is 12.3. The van der Waals surface area contributed by atoms with E-state index in [0.717, 1.165) is 34.9 Å². The van der Waals surface area contributed by atoms with E-state index in [-0.39, 0.29) is 17.2 Å². The predicted molar refractivity (Wildman–Crippen MR) is 132 cm³/mol. The number of rotatable bonds is 4. The van der Waals surface area contributed by atoms with Crippen molar-refractivity contribution in [3.8, 4) is 17.2 Å². The van der Waals surface area contributed by atoms with Gasteiger partial charge in [-0.05, 0) is 65.3 Å². The number of carbonyl (C=O) groups excluding carboxylic acids is 1. The quantitative estimate of drug-likeness (QED) is 0.594. The first-order valence-electron chi connectivity index (χ1n) is 12.0. The van der Waals surface area contributed by atoms with Crippen LogP contribution in [0, 0.1) is 11.3 Å². The second-order valence-corrected chi connectivity index (χ2v) is 10.9. The molecule has 2 aliphatic rings. The summed E-state index contributed by atoms with van der Waals surface area (Å²) in [7, 11) is 1.71. The SMILES string of the molecule is COc1cc(Cc2ccc3c(c2C(C)C)NC(=O)C(C)O3)cc2c1OCC(C)C2C(C)(C)C. The molecule has 1 N–H and O–H groups in total. The van der Waals surface area contributed by atoms with Crippen molar-refractivity contribution in [2.75, 3.05) is 19.0 Å². The predicted octanol–water partition coefficient (Wildman–Crippen LogP) is 6.29. The molecule has 5 nitrogen and oxygen atoms in total. The summed E-state index contributed by atoms with van der Waals surface area (Å²) in [6.45, 7) is 15.9. The molecule has 0 bridgehead atoms. The summed E-state index contributed by atoms with van der Waals surface area (Å²) < 4.78 is 17.8. The molecule has 3 unspecified atom stereocenters. The zero-order valence-corrected chi connectivity index (χ0v) is 21.2.